The lowest BCUT2D eigenvalue weighted by molar-refractivity contribution is -0.141. The lowest BCUT2D eigenvalue weighted by atomic mass is 10.0. The van der Waals surface area contributed by atoms with Crippen LogP contribution in [0.4, 0.5) is 26.3 Å². The number of aliphatic carboxylic acids is 1. The number of carbonyl (C=O) groups excluding carboxylic acids is 1. The monoisotopic (exact) mass is 539 g/mol. The molecule has 2 aromatic rings. The van der Waals surface area contributed by atoms with Crippen LogP contribution in [0.25, 0.3) is 17.4 Å². The van der Waals surface area contributed by atoms with Crippen LogP contribution in [0, 0.1) is 0 Å². The molecule has 0 bridgehead atoms. The molecule has 1 fully saturated rings. The van der Waals surface area contributed by atoms with Gasteiger partial charge in [-0.1, -0.05) is 24.0 Å². The predicted molar refractivity (Wildman–Crippen MR) is 117 cm³/mol. The van der Waals surface area contributed by atoms with Crippen LogP contribution < -0.4 is 0 Å². The third-order valence-corrected chi connectivity index (χ3v) is 5.99. The topological polar surface area (TPSA) is 80.0 Å². The SMILES string of the molecule is O=C(O)CCOCCN1C(=O)C(=Cc2ccc(-c3cc(C(F)(F)F)ccc3C(F)(F)F)o2)SC1=S. The van der Waals surface area contributed by atoms with E-state index in [1.165, 1.54) is 17.0 Å². The molecule has 1 aromatic carbocycles. The predicted octanol–water partition coefficient (Wildman–Crippen LogP) is 5.68. The highest BCUT2D eigenvalue weighted by atomic mass is 32.2. The van der Waals surface area contributed by atoms with Crippen LogP contribution in [-0.4, -0.2) is 46.0 Å². The number of nitrogens with zero attached hydrogens (tertiary/aromatic N) is 1. The van der Waals surface area contributed by atoms with Gasteiger partial charge in [0, 0.05) is 11.6 Å². The van der Waals surface area contributed by atoms with Crippen LogP contribution in [0.1, 0.15) is 23.3 Å². The first-order valence-corrected chi connectivity index (χ1v) is 10.9. The second-order valence-corrected chi connectivity index (χ2v) is 8.72. The smallest absolute Gasteiger partial charge is 0.417 e. The fourth-order valence-electron chi connectivity index (χ4n) is 2.99. The Morgan fingerprint density at radius 3 is 2.46 bits per heavy atom. The Labute approximate surface area is 203 Å². The highest BCUT2D eigenvalue weighted by molar-refractivity contribution is 8.26. The second kappa shape index (κ2) is 10.4. The number of thioether (sulfide) groups is 1. The highest BCUT2D eigenvalue weighted by Gasteiger charge is 2.38. The van der Waals surface area contributed by atoms with Gasteiger partial charge in [-0.15, -0.1) is 0 Å². The number of carboxylic acid groups (broad SMARTS) is 1. The zero-order valence-corrected chi connectivity index (χ0v) is 19.0. The summed E-state index contributed by atoms with van der Waals surface area (Å²) < 4.78 is 90.0. The first kappa shape index (κ1) is 26.8. The van der Waals surface area contributed by atoms with Crippen molar-refractivity contribution in [3.05, 3.63) is 52.1 Å². The molecule has 0 radical (unpaired) electrons. The van der Waals surface area contributed by atoms with Gasteiger partial charge in [0.1, 0.15) is 15.8 Å². The fraction of sp³-hybridized carbons (Fsp3) is 0.286. The zero-order chi connectivity index (χ0) is 26.0. The number of alkyl halides is 6. The average Bonchev–Trinajstić information content (AvgIpc) is 3.31. The number of carboxylic acids is 1. The Morgan fingerprint density at radius 1 is 1.11 bits per heavy atom. The summed E-state index contributed by atoms with van der Waals surface area (Å²) in [6, 6.07) is 3.33. The molecule has 188 valence electrons. The molecule has 1 aromatic heterocycles. The van der Waals surface area contributed by atoms with Gasteiger partial charge >= 0.3 is 18.3 Å². The molecule has 3 rings (SSSR count). The maximum absolute atomic E-state index is 13.4. The lowest BCUT2D eigenvalue weighted by Crippen LogP contribution is -2.31. The van der Waals surface area contributed by atoms with Crippen molar-refractivity contribution in [2.45, 2.75) is 18.8 Å². The maximum Gasteiger partial charge on any atom is 0.417 e. The first-order chi connectivity index (χ1) is 16.3. The van der Waals surface area contributed by atoms with Gasteiger partial charge in [-0.3, -0.25) is 14.5 Å². The largest absolute Gasteiger partial charge is 0.481 e. The van der Waals surface area contributed by atoms with Crippen LogP contribution in [0.15, 0.2) is 39.7 Å². The quantitative estimate of drug-likeness (QED) is 0.200. The van der Waals surface area contributed by atoms with E-state index in [-0.39, 0.29) is 41.2 Å². The van der Waals surface area contributed by atoms with Crippen LogP contribution >= 0.6 is 24.0 Å². The molecule has 1 amide bonds. The normalized spacial score (nSPS) is 15.9. The van der Waals surface area contributed by atoms with Gasteiger partial charge in [-0.25, -0.2) is 0 Å². The molecule has 1 N–H and O–H groups in total. The molecular formula is C21H15F6NO5S2. The van der Waals surface area contributed by atoms with Gasteiger partial charge in [-0.05, 0) is 30.3 Å². The van der Waals surface area contributed by atoms with Crippen LogP contribution in [0.3, 0.4) is 0 Å². The number of hydrogen-bond acceptors (Lipinski definition) is 6. The van der Waals surface area contributed by atoms with Gasteiger partial charge in [0.15, 0.2) is 0 Å². The molecule has 0 unspecified atom stereocenters. The van der Waals surface area contributed by atoms with Crippen molar-refractivity contribution in [2.24, 2.45) is 0 Å². The summed E-state index contributed by atoms with van der Waals surface area (Å²) in [7, 11) is 0. The first-order valence-electron chi connectivity index (χ1n) is 9.71. The molecule has 2 heterocycles. The van der Waals surface area contributed by atoms with E-state index < -0.39 is 46.7 Å². The summed E-state index contributed by atoms with van der Waals surface area (Å²) in [6.45, 7) is 0.0163. The molecule has 0 spiro atoms. The van der Waals surface area contributed by atoms with E-state index in [1.807, 2.05) is 0 Å². The Morgan fingerprint density at radius 2 is 1.83 bits per heavy atom. The summed E-state index contributed by atoms with van der Waals surface area (Å²) in [5, 5.41) is 8.57. The van der Waals surface area contributed by atoms with Crippen molar-refractivity contribution in [1.82, 2.24) is 4.90 Å². The standard InChI is InChI=1S/C21H15F6NO5S2/c22-20(23,24)11-1-3-14(21(25,26)27)13(9-11)15-4-2-12(33-15)10-16-18(31)28(19(34)35-16)6-8-32-7-5-17(29)30/h1-4,9-10H,5-8H2,(H,29,30). The number of thiocarbonyl (C=S) groups is 1. The van der Waals surface area contributed by atoms with Gasteiger partial charge < -0.3 is 14.3 Å². The van der Waals surface area contributed by atoms with Gasteiger partial charge in [0.25, 0.3) is 5.91 Å². The number of halogens is 6. The summed E-state index contributed by atoms with van der Waals surface area (Å²) in [5.74, 6) is -2.10. The minimum Gasteiger partial charge on any atom is -0.481 e. The highest BCUT2D eigenvalue weighted by Crippen LogP contribution is 2.41. The molecule has 0 atom stereocenters. The van der Waals surface area contributed by atoms with E-state index in [0.717, 1.165) is 17.8 Å². The van der Waals surface area contributed by atoms with Crippen molar-refractivity contribution >= 4 is 46.3 Å². The number of ether oxygens (including phenoxy) is 1. The van der Waals surface area contributed by atoms with Gasteiger partial charge in [0.2, 0.25) is 0 Å². The van der Waals surface area contributed by atoms with Crippen LogP contribution in [0.2, 0.25) is 0 Å². The fourth-order valence-corrected chi connectivity index (χ4v) is 4.27. The van der Waals surface area contributed by atoms with Crippen molar-refractivity contribution in [3.63, 3.8) is 0 Å². The number of furan rings is 1. The van der Waals surface area contributed by atoms with E-state index in [9.17, 15) is 35.9 Å². The number of benzene rings is 1. The molecule has 1 aliphatic heterocycles. The molecule has 0 aliphatic carbocycles. The molecule has 6 nitrogen and oxygen atoms in total. The number of rotatable bonds is 8. The van der Waals surface area contributed by atoms with E-state index >= 15 is 0 Å². The summed E-state index contributed by atoms with van der Waals surface area (Å²) >= 11 is 6.03. The minimum atomic E-state index is -4.93. The van der Waals surface area contributed by atoms with E-state index in [4.69, 9.17) is 26.5 Å². The molecule has 1 saturated heterocycles. The summed E-state index contributed by atoms with van der Waals surface area (Å²) in [5.41, 5.74) is -3.37. The number of hydrogen-bond donors (Lipinski definition) is 1. The van der Waals surface area contributed by atoms with E-state index in [2.05, 4.69) is 0 Å². The Hall–Kier alpha value is -2.84. The van der Waals surface area contributed by atoms with Crippen molar-refractivity contribution in [2.75, 3.05) is 19.8 Å². The van der Waals surface area contributed by atoms with E-state index in [0.29, 0.717) is 18.2 Å². The maximum atomic E-state index is 13.4. The van der Waals surface area contributed by atoms with Crippen molar-refractivity contribution in [1.29, 1.82) is 0 Å². The number of carbonyl (C=O) groups is 2. The molecular weight excluding hydrogens is 524 g/mol. The molecule has 0 saturated carbocycles. The zero-order valence-electron chi connectivity index (χ0n) is 17.4. The third-order valence-electron chi connectivity index (χ3n) is 4.61. The van der Waals surface area contributed by atoms with Crippen LogP contribution in [0.5, 0.6) is 0 Å². The van der Waals surface area contributed by atoms with Crippen molar-refractivity contribution < 1.29 is 50.2 Å². The summed E-state index contributed by atoms with van der Waals surface area (Å²) in [6.07, 6.45) is -8.78. The van der Waals surface area contributed by atoms with Gasteiger partial charge in [0.05, 0.1) is 42.2 Å². The molecule has 14 heteroatoms. The summed E-state index contributed by atoms with van der Waals surface area (Å²) in [4.78, 5) is 24.3. The van der Waals surface area contributed by atoms with Crippen molar-refractivity contribution in [3.8, 4) is 11.3 Å². The lowest BCUT2D eigenvalue weighted by Gasteiger charge is -2.14. The Kier molecular flexibility index (Phi) is 7.97. The Bertz CT molecular complexity index is 1170. The third kappa shape index (κ3) is 6.64. The second-order valence-electron chi connectivity index (χ2n) is 7.05. The van der Waals surface area contributed by atoms with E-state index in [1.54, 1.807) is 0 Å². The Balaban J connectivity index is 1.80. The molecule has 35 heavy (non-hydrogen) atoms. The molecule has 1 aliphatic rings. The van der Waals surface area contributed by atoms with Crippen LogP contribution in [-0.2, 0) is 26.7 Å². The van der Waals surface area contributed by atoms with Gasteiger partial charge in [-0.2, -0.15) is 26.3 Å². The number of amides is 1. The minimum absolute atomic E-state index is 0.0215. The average molecular weight is 539 g/mol.